The Morgan fingerprint density at radius 3 is 2.27 bits per heavy atom. The Bertz CT molecular complexity index is 1530. The highest BCUT2D eigenvalue weighted by Gasteiger charge is 2.26. The van der Waals surface area contributed by atoms with E-state index in [1.165, 1.54) is 4.68 Å². The van der Waals surface area contributed by atoms with Crippen LogP contribution >= 0.6 is 0 Å². The number of hydrogen-bond acceptors (Lipinski definition) is 5. The van der Waals surface area contributed by atoms with Crippen molar-refractivity contribution in [2.24, 2.45) is 0 Å². The fourth-order valence-corrected chi connectivity index (χ4v) is 5.16. The number of carbonyl (C=O) groups is 1. The average Bonchev–Trinajstić information content (AvgIpc) is 3.01. The van der Waals surface area contributed by atoms with Crippen molar-refractivity contribution in [2.75, 3.05) is 36.4 Å². The Kier molecular flexibility index (Phi) is 8.67. The molecule has 2 heterocycles. The Hall–Kier alpha value is -4.59. The molecule has 0 radical (unpaired) electrons. The van der Waals surface area contributed by atoms with Crippen LogP contribution in [0.5, 0.6) is 5.75 Å². The van der Waals surface area contributed by atoms with Gasteiger partial charge in [0, 0.05) is 31.9 Å². The van der Waals surface area contributed by atoms with Gasteiger partial charge in [-0.05, 0) is 41.2 Å². The molecule has 0 bridgehead atoms. The second-order valence-electron chi connectivity index (χ2n) is 10.5. The lowest BCUT2D eigenvalue weighted by atomic mass is 9.96. The first-order valence-electron chi connectivity index (χ1n) is 14.2. The Morgan fingerprint density at radius 1 is 0.927 bits per heavy atom. The van der Waals surface area contributed by atoms with Crippen LogP contribution in [0.3, 0.4) is 0 Å². The van der Waals surface area contributed by atoms with E-state index >= 15 is 0 Å². The summed E-state index contributed by atoms with van der Waals surface area (Å²) in [6.07, 6.45) is 2.54. The predicted molar refractivity (Wildman–Crippen MR) is 163 cm³/mol. The molecule has 41 heavy (non-hydrogen) atoms. The molecule has 1 fully saturated rings. The summed E-state index contributed by atoms with van der Waals surface area (Å²) in [6.45, 7) is 8.77. The zero-order chi connectivity index (χ0) is 28.8. The number of anilines is 2. The molecule has 5 rings (SSSR count). The number of benzene rings is 3. The van der Waals surface area contributed by atoms with E-state index in [1.54, 1.807) is 6.20 Å². The summed E-state index contributed by atoms with van der Waals surface area (Å²) in [5.41, 5.74) is 5.15. The number of amides is 2. The summed E-state index contributed by atoms with van der Waals surface area (Å²) >= 11 is 0. The Labute approximate surface area is 241 Å². The quantitative estimate of drug-likeness (QED) is 0.297. The van der Waals surface area contributed by atoms with Gasteiger partial charge in [-0.3, -0.25) is 4.79 Å². The molecule has 4 aromatic rings. The topological polar surface area (TPSA) is 79.7 Å². The van der Waals surface area contributed by atoms with Gasteiger partial charge in [0.2, 0.25) is 5.75 Å². The molecular formula is C33H37N5O3. The van der Waals surface area contributed by atoms with Gasteiger partial charge in [-0.2, -0.15) is 9.78 Å². The molecule has 0 saturated carbocycles. The van der Waals surface area contributed by atoms with Crippen LogP contribution in [0, 0.1) is 0 Å². The zero-order valence-corrected chi connectivity index (χ0v) is 23.9. The van der Waals surface area contributed by atoms with Crippen molar-refractivity contribution in [1.29, 1.82) is 0 Å². The van der Waals surface area contributed by atoms with Gasteiger partial charge in [0.25, 0.3) is 0 Å². The number of para-hydroxylation sites is 2. The second-order valence-corrected chi connectivity index (χ2v) is 10.5. The summed E-state index contributed by atoms with van der Waals surface area (Å²) in [6, 6.07) is 25.2. The number of urea groups is 1. The molecule has 2 amide bonds. The van der Waals surface area contributed by atoms with Crippen molar-refractivity contribution in [2.45, 2.75) is 39.7 Å². The van der Waals surface area contributed by atoms with Crippen molar-refractivity contribution in [3.05, 3.63) is 112 Å². The highest BCUT2D eigenvalue weighted by molar-refractivity contribution is 5.91. The number of aromatic nitrogens is 2. The molecule has 3 aromatic carbocycles. The van der Waals surface area contributed by atoms with Crippen LogP contribution < -0.4 is 20.5 Å². The van der Waals surface area contributed by atoms with Gasteiger partial charge in [-0.1, -0.05) is 87.5 Å². The van der Waals surface area contributed by atoms with Crippen LogP contribution in [0.15, 0.2) is 89.9 Å². The molecule has 0 atom stereocenters. The molecule has 1 aliphatic heterocycles. The second kappa shape index (κ2) is 12.7. The molecule has 212 valence electrons. The van der Waals surface area contributed by atoms with Crippen molar-refractivity contribution in [3.63, 3.8) is 0 Å². The number of nitrogens with zero attached hydrogens (tertiary/aromatic N) is 4. The standard InChI is InChI=1S/C33H37N5O3/c1-4-26-14-11-17-28(24(2)3)30(26)35-33(40)37-20-18-36(19-21-37)29-22-34-38(27-15-9-6-10-16-27)32(39)31(29)41-23-25-12-7-5-8-13-25/h5-17,22,24H,4,18-21,23H2,1-3H3,(H,35,40). The first-order valence-corrected chi connectivity index (χ1v) is 14.2. The van der Waals surface area contributed by atoms with E-state index < -0.39 is 0 Å². The van der Waals surface area contributed by atoms with E-state index in [4.69, 9.17) is 4.74 Å². The number of ether oxygens (including phenoxy) is 1. The molecule has 0 aliphatic carbocycles. The fraction of sp³-hybridized carbons (Fsp3) is 0.303. The minimum Gasteiger partial charge on any atom is -0.481 e. The monoisotopic (exact) mass is 551 g/mol. The van der Waals surface area contributed by atoms with Crippen LogP contribution in [0.25, 0.3) is 5.69 Å². The maximum Gasteiger partial charge on any atom is 0.321 e. The first-order chi connectivity index (χ1) is 20.0. The van der Waals surface area contributed by atoms with Crippen LogP contribution in [-0.2, 0) is 13.0 Å². The summed E-state index contributed by atoms with van der Waals surface area (Å²) < 4.78 is 7.54. The van der Waals surface area contributed by atoms with Gasteiger partial charge in [-0.25, -0.2) is 4.79 Å². The molecule has 1 saturated heterocycles. The van der Waals surface area contributed by atoms with Gasteiger partial charge >= 0.3 is 11.6 Å². The van der Waals surface area contributed by atoms with Gasteiger partial charge in [0.15, 0.2) is 0 Å². The van der Waals surface area contributed by atoms with Crippen LogP contribution in [0.2, 0.25) is 0 Å². The smallest absolute Gasteiger partial charge is 0.321 e. The number of piperazine rings is 1. The van der Waals surface area contributed by atoms with Gasteiger partial charge < -0.3 is 19.9 Å². The van der Waals surface area contributed by atoms with E-state index in [-0.39, 0.29) is 23.9 Å². The van der Waals surface area contributed by atoms with E-state index in [0.29, 0.717) is 43.5 Å². The Balaban J connectivity index is 1.35. The SMILES string of the molecule is CCc1cccc(C(C)C)c1NC(=O)N1CCN(c2cnn(-c3ccccc3)c(=O)c2OCc2ccccc2)CC1. The van der Waals surface area contributed by atoms with Crippen LogP contribution in [-0.4, -0.2) is 46.9 Å². The normalized spacial score (nSPS) is 13.4. The minimum atomic E-state index is -0.317. The van der Waals surface area contributed by atoms with E-state index in [9.17, 15) is 9.59 Å². The van der Waals surface area contributed by atoms with Gasteiger partial charge in [0.05, 0.1) is 11.9 Å². The third-order valence-corrected chi connectivity index (χ3v) is 7.47. The summed E-state index contributed by atoms with van der Waals surface area (Å²) in [5, 5.41) is 7.68. The number of hydrogen-bond donors (Lipinski definition) is 1. The third kappa shape index (κ3) is 6.27. The van der Waals surface area contributed by atoms with Gasteiger partial charge in [-0.15, -0.1) is 0 Å². The molecule has 0 unspecified atom stereocenters. The lowest BCUT2D eigenvalue weighted by Gasteiger charge is -2.36. The van der Waals surface area contributed by atoms with Gasteiger partial charge in [0.1, 0.15) is 12.3 Å². The highest BCUT2D eigenvalue weighted by atomic mass is 16.5. The van der Waals surface area contributed by atoms with Crippen molar-refractivity contribution in [1.82, 2.24) is 14.7 Å². The zero-order valence-electron chi connectivity index (χ0n) is 23.9. The first kappa shape index (κ1) is 28.0. The maximum atomic E-state index is 13.7. The van der Waals surface area contributed by atoms with Crippen LogP contribution in [0.1, 0.15) is 43.4 Å². The van der Waals surface area contributed by atoms with E-state index in [2.05, 4.69) is 54.3 Å². The molecule has 1 aliphatic rings. The van der Waals surface area contributed by atoms with Crippen molar-refractivity contribution >= 4 is 17.4 Å². The van der Waals surface area contributed by atoms with Crippen molar-refractivity contribution in [3.8, 4) is 11.4 Å². The lowest BCUT2D eigenvalue weighted by Crippen LogP contribution is -2.50. The lowest BCUT2D eigenvalue weighted by molar-refractivity contribution is 0.208. The molecule has 8 heteroatoms. The molecule has 0 spiro atoms. The number of aryl methyl sites for hydroxylation is 1. The van der Waals surface area contributed by atoms with Crippen LogP contribution in [0.4, 0.5) is 16.2 Å². The van der Waals surface area contributed by atoms with E-state index in [1.807, 2.05) is 65.6 Å². The highest BCUT2D eigenvalue weighted by Crippen LogP contribution is 2.30. The number of carbonyl (C=O) groups excluding carboxylic acids is 1. The van der Waals surface area contributed by atoms with Crippen molar-refractivity contribution < 1.29 is 9.53 Å². The largest absolute Gasteiger partial charge is 0.481 e. The Morgan fingerprint density at radius 2 is 1.61 bits per heavy atom. The predicted octanol–water partition coefficient (Wildman–Crippen LogP) is 5.85. The summed E-state index contributed by atoms with van der Waals surface area (Å²) in [5.74, 6) is 0.553. The molecule has 8 nitrogen and oxygen atoms in total. The maximum absolute atomic E-state index is 13.7. The molecule has 1 aromatic heterocycles. The fourth-order valence-electron chi connectivity index (χ4n) is 5.16. The third-order valence-electron chi connectivity index (χ3n) is 7.47. The molecular weight excluding hydrogens is 514 g/mol. The molecule has 1 N–H and O–H groups in total. The number of rotatable bonds is 8. The minimum absolute atomic E-state index is 0.106. The van der Waals surface area contributed by atoms with E-state index in [0.717, 1.165) is 28.8 Å². The summed E-state index contributed by atoms with van der Waals surface area (Å²) in [7, 11) is 0. The average molecular weight is 552 g/mol. The number of nitrogens with one attached hydrogen (secondary N) is 1. The summed E-state index contributed by atoms with van der Waals surface area (Å²) in [4.78, 5) is 30.9.